The van der Waals surface area contributed by atoms with Gasteiger partial charge in [-0.1, -0.05) is 55.4 Å². The molecule has 3 aromatic rings. The number of carbonyl (C=O) groups is 2. The Hall–Kier alpha value is -3.45. The lowest BCUT2D eigenvalue weighted by atomic mass is 9.99. The number of carbonyl (C=O) groups excluding carboxylic acids is 1. The van der Waals surface area contributed by atoms with Gasteiger partial charge in [-0.05, 0) is 35.6 Å². The number of amides is 1. The second-order valence-corrected chi connectivity index (χ2v) is 8.75. The fourth-order valence-electron chi connectivity index (χ4n) is 3.80. The van der Waals surface area contributed by atoms with Gasteiger partial charge in [0.1, 0.15) is 0 Å². The summed E-state index contributed by atoms with van der Waals surface area (Å²) in [6.07, 6.45) is 1.02. The molecule has 7 nitrogen and oxygen atoms in total. The molecule has 4 rings (SSSR count). The van der Waals surface area contributed by atoms with Crippen LogP contribution in [0.5, 0.6) is 0 Å². The van der Waals surface area contributed by atoms with Crippen LogP contribution in [0.4, 0.5) is 5.69 Å². The Morgan fingerprint density at radius 2 is 1.75 bits per heavy atom. The van der Waals surface area contributed by atoms with E-state index in [1.807, 2.05) is 36.4 Å². The number of aromatic nitrogens is 1. The highest BCUT2D eigenvalue weighted by molar-refractivity contribution is 6.03. The molecule has 0 spiro atoms. The summed E-state index contributed by atoms with van der Waals surface area (Å²) in [5.74, 6) is -0.195. The van der Waals surface area contributed by atoms with E-state index in [1.54, 1.807) is 6.07 Å². The van der Waals surface area contributed by atoms with Gasteiger partial charge in [0.05, 0.1) is 5.92 Å². The van der Waals surface area contributed by atoms with Gasteiger partial charge in [0, 0.05) is 37.0 Å². The maximum atomic E-state index is 12.6. The molecule has 1 aliphatic rings. The topological polar surface area (TPSA) is 95.7 Å². The molecular weight excluding hydrogens is 406 g/mol. The van der Waals surface area contributed by atoms with Crippen LogP contribution in [0, 0.1) is 11.8 Å². The Morgan fingerprint density at radius 3 is 2.38 bits per heavy atom. The Labute approximate surface area is 187 Å². The smallest absolute Gasteiger partial charge is 0.309 e. The summed E-state index contributed by atoms with van der Waals surface area (Å²) in [7, 11) is 0. The molecule has 0 aliphatic carbocycles. The molecule has 1 aliphatic heterocycles. The predicted octanol–water partition coefficient (Wildman–Crippen LogP) is 4.31. The van der Waals surface area contributed by atoms with E-state index >= 15 is 0 Å². The number of rotatable bonds is 8. The van der Waals surface area contributed by atoms with Crippen molar-refractivity contribution in [3.63, 3.8) is 0 Å². The van der Waals surface area contributed by atoms with Crippen LogP contribution in [-0.2, 0) is 17.8 Å². The number of aliphatic carboxylic acids is 1. The number of hydrogen-bond acceptors (Lipinski definition) is 5. The molecule has 7 heteroatoms. The summed E-state index contributed by atoms with van der Waals surface area (Å²) in [5.41, 5.74) is 4.09. The number of likely N-dealkylation sites (tertiary alicyclic amines) is 1. The molecule has 1 saturated heterocycles. The van der Waals surface area contributed by atoms with Crippen molar-refractivity contribution in [2.24, 2.45) is 11.8 Å². The first kappa shape index (κ1) is 21.8. The SMILES string of the molecule is CC(C)Cc1ccc(-c2cc(C(=O)Nc3ccc(CN4CC(C(=O)O)C4)cc3)no2)cc1. The van der Waals surface area contributed by atoms with E-state index in [9.17, 15) is 9.59 Å². The van der Waals surface area contributed by atoms with E-state index in [0.717, 1.165) is 17.5 Å². The minimum Gasteiger partial charge on any atom is -0.481 e. The van der Waals surface area contributed by atoms with Gasteiger partial charge >= 0.3 is 5.97 Å². The van der Waals surface area contributed by atoms with Crippen LogP contribution in [0.2, 0.25) is 0 Å². The van der Waals surface area contributed by atoms with Crippen molar-refractivity contribution < 1.29 is 19.2 Å². The van der Waals surface area contributed by atoms with Crippen LogP contribution in [0.15, 0.2) is 59.1 Å². The number of benzene rings is 2. The Morgan fingerprint density at radius 1 is 1.09 bits per heavy atom. The molecule has 2 aromatic carbocycles. The van der Waals surface area contributed by atoms with Crippen LogP contribution in [0.25, 0.3) is 11.3 Å². The molecule has 0 atom stereocenters. The third kappa shape index (κ3) is 5.23. The first-order valence-electron chi connectivity index (χ1n) is 10.8. The third-order valence-electron chi connectivity index (χ3n) is 5.55. The molecule has 32 heavy (non-hydrogen) atoms. The quantitative estimate of drug-likeness (QED) is 0.550. The van der Waals surface area contributed by atoms with Gasteiger partial charge in [0.15, 0.2) is 11.5 Å². The summed E-state index contributed by atoms with van der Waals surface area (Å²) in [5, 5.41) is 15.7. The summed E-state index contributed by atoms with van der Waals surface area (Å²) >= 11 is 0. The fraction of sp³-hybridized carbons (Fsp3) is 0.320. The van der Waals surface area contributed by atoms with Crippen molar-refractivity contribution in [1.29, 1.82) is 0 Å². The van der Waals surface area contributed by atoms with Crippen LogP contribution in [0.1, 0.15) is 35.5 Å². The highest BCUT2D eigenvalue weighted by Gasteiger charge is 2.32. The zero-order valence-corrected chi connectivity index (χ0v) is 18.2. The number of nitrogens with one attached hydrogen (secondary N) is 1. The van der Waals surface area contributed by atoms with Crippen molar-refractivity contribution in [3.8, 4) is 11.3 Å². The van der Waals surface area contributed by atoms with Gasteiger partial charge in [-0.15, -0.1) is 0 Å². The predicted molar refractivity (Wildman–Crippen MR) is 121 cm³/mol. The second kappa shape index (κ2) is 9.36. The van der Waals surface area contributed by atoms with Gasteiger partial charge < -0.3 is 14.9 Å². The Balaban J connectivity index is 1.32. The van der Waals surface area contributed by atoms with Crippen molar-refractivity contribution in [2.45, 2.75) is 26.8 Å². The van der Waals surface area contributed by atoms with Crippen molar-refractivity contribution in [2.75, 3.05) is 18.4 Å². The van der Waals surface area contributed by atoms with Crippen LogP contribution >= 0.6 is 0 Å². The van der Waals surface area contributed by atoms with E-state index in [-0.39, 0.29) is 17.5 Å². The first-order valence-corrected chi connectivity index (χ1v) is 10.8. The van der Waals surface area contributed by atoms with Gasteiger partial charge in [-0.25, -0.2) is 0 Å². The molecule has 166 valence electrons. The summed E-state index contributed by atoms with van der Waals surface area (Å²) in [4.78, 5) is 25.5. The highest BCUT2D eigenvalue weighted by atomic mass is 16.5. The van der Waals surface area contributed by atoms with Crippen LogP contribution < -0.4 is 5.32 Å². The van der Waals surface area contributed by atoms with Crippen molar-refractivity contribution in [3.05, 3.63) is 71.4 Å². The fourth-order valence-corrected chi connectivity index (χ4v) is 3.80. The molecule has 2 N–H and O–H groups in total. The summed E-state index contributed by atoms with van der Waals surface area (Å²) in [6, 6.07) is 17.3. The molecular formula is C25H27N3O4. The molecule has 1 amide bonds. The van der Waals surface area contributed by atoms with Gasteiger partial charge in [0.25, 0.3) is 5.91 Å². The van der Waals surface area contributed by atoms with Gasteiger partial charge in [-0.2, -0.15) is 0 Å². The standard InChI is InChI=1S/C25H27N3O4/c1-16(2)11-17-3-7-19(8-4-17)23-12-22(27-32-23)24(29)26-21-9-5-18(6-10-21)13-28-14-20(15-28)25(30)31/h3-10,12,16,20H,11,13-15H2,1-2H3,(H,26,29)(H,30,31). The molecule has 0 bridgehead atoms. The van der Waals surface area contributed by atoms with E-state index in [0.29, 0.717) is 37.0 Å². The number of carboxylic acids is 1. The monoisotopic (exact) mass is 433 g/mol. The number of hydrogen-bond donors (Lipinski definition) is 2. The highest BCUT2D eigenvalue weighted by Crippen LogP contribution is 2.23. The molecule has 1 fully saturated rings. The average molecular weight is 434 g/mol. The summed E-state index contributed by atoms with van der Waals surface area (Å²) < 4.78 is 5.38. The minimum atomic E-state index is -0.738. The van der Waals surface area contributed by atoms with E-state index < -0.39 is 5.97 Å². The van der Waals surface area contributed by atoms with E-state index in [1.165, 1.54) is 5.56 Å². The molecule has 0 saturated carbocycles. The average Bonchev–Trinajstić information content (AvgIpc) is 3.22. The van der Waals surface area contributed by atoms with Crippen molar-refractivity contribution in [1.82, 2.24) is 10.1 Å². The van der Waals surface area contributed by atoms with Gasteiger partial charge in [-0.3, -0.25) is 14.5 Å². The maximum absolute atomic E-state index is 12.6. The third-order valence-corrected chi connectivity index (χ3v) is 5.55. The van der Waals surface area contributed by atoms with Crippen LogP contribution in [0.3, 0.4) is 0 Å². The lowest BCUT2D eigenvalue weighted by Gasteiger charge is -2.36. The lowest BCUT2D eigenvalue weighted by molar-refractivity contribution is -0.147. The number of anilines is 1. The van der Waals surface area contributed by atoms with E-state index in [4.69, 9.17) is 9.63 Å². The van der Waals surface area contributed by atoms with Gasteiger partial charge in [0.2, 0.25) is 0 Å². The van der Waals surface area contributed by atoms with Crippen LogP contribution in [-0.4, -0.2) is 40.1 Å². The zero-order chi connectivity index (χ0) is 22.7. The Kier molecular flexibility index (Phi) is 6.37. The number of nitrogens with zero attached hydrogens (tertiary/aromatic N) is 2. The molecule has 0 radical (unpaired) electrons. The van der Waals surface area contributed by atoms with Crippen molar-refractivity contribution >= 4 is 17.6 Å². The zero-order valence-electron chi connectivity index (χ0n) is 18.2. The lowest BCUT2D eigenvalue weighted by Crippen LogP contribution is -2.49. The molecule has 0 unspecified atom stereocenters. The normalized spacial score (nSPS) is 14.3. The van der Waals surface area contributed by atoms with E-state index in [2.05, 4.69) is 41.4 Å². The number of carboxylic acid groups (broad SMARTS) is 1. The molecule has 1 aromatic heterocycles. The first-order chi connectivity index (χ1) is 15.4. The second-order valence-electron chi connectivity index (χ2n) is 8.75. The minimum absolute atomic E-state index is 0.218. The largest absolute Gasteiger partial charge is 0.481 e. The molecule has 2 heterocycles. The Bertz CT molecular complexity index is 1080. The maximum Gasteiger partial charge on any atom is 0.309 e. The summed E-state index contributed by atoms with van der Waals surface area (Å²) in [6.45, 7) is 6.21.